The van der Waals surface area contributed by atoms with E-state index in [0.29, 0.717) is 5.54 Å². The average molecular weight is 852 g/mol. The first kappa shape index (κ1) is 37.7. The highest BCUT2D eigenvalue weighted by molar-refractivity contribution is 6.95. The lowest BCUT2D eigenvalue weighted by atomic mass is 9.90. The van der Waals surface area contributed by atoms with E-state index in [2.05, 4.69) is 234 Å². The number of allylic oxidation sites excluding steroid dienone is 2. The standard InChI is InChI=1S/C59H45N5Si/c1-65(2)52-36-16-12-27-45(52)56-46(30-19-37-53(56)65)59-61-57(38-20-5-3-6-21-38)60-58(62-59)44-26-11-15-33-49(44)64-48-32-14-10-25-43(48)55-41(29-18-35-51(55)64)40-28-17-34-50-54(40)42-24-9-13-31-47(42)63(50)39-22-7-4-8-23-39/h3-36,53,58H,37H2,1-2H3,(H,60,61,62). The number of hydrogen-bond acceptors (Lipinski definition) is 3. The molecule has 0 saturated carbocycles. The summed E-state index contributed by atoms with van der Waals surface area (Å²) in [6.07, 6.45) is 5.34. The lowest BCUT2D eigenvalue weighted by Crippen LogP contribution is -2.42. The van der Waals surface area contributed by atoms with Crippen molar-refractivity contribution in [1.29, 1.82) is 0 Å². The van der Waals surface area contributed by atoms with Gasteiger partial charge in [0.2, 0.25) is 0 Å². The molecule has 1 aliphatic carbocycles. The van der Waals surface area contributed by atoms with E-state index in [4.69, 9.17) is 9.98 Å². The number of fused-ring (bicyclic) bond motifs is 9. The van der Waals surface area contributed by atoms with Crippen LogP contribution in [0.25, 0.3) is 71.7 Å². The lowest BCUT2D eigenvalue weighted by Gasteiger charge is -2.31. The molecule has 0 spiro atoms. The Labute approximate surface area is 379 Å². The van der Waals surface area contributed by atoms with Crippen molar-refractivity contribution in [3.05, 3.63) is 229 Å². The Hall–Kier alpha value is -7.80. The fourth-order valence-electron chi connectivity index (χ4n) is 11.4. The summed E-state index contributed by atoms with van der Waals surface area (Å²) in [5.74, 6) is 1.61. The van der Waals surface area contributed by atoms with Gasteiger partial charge in [0, 0.05) is 43.9 Å². The molecule has 2 unspecified atom stereocenters. The van der Waals surface area contributed by atoms with E-state index in [-0.39, 0.29) is 0 Å². The third-order valence-electron chi connectivity index (χ3n) is 14.3. The Morgan fingerprint density at radius 2 is 1.11 bits per heavy atom. The van der Waals surface area contributed by atoms with Crippen molar-refractivity contribution in [1.82, 2.24) is 14.5 Å². The molecule has 0 radical (unpaired) electrons. The van der Waals surface area contributed by atoms with Gasteiger partial charge in [-0.25, -0.2) is 9.98 Å². The minimum absolute atomic E-state index is 0.407. The number of amidine groups is 2. The molecule has 2 atom stereocenters. The molecule has 4 heterocycles. The normalized spacial score (nSPS) is 17.6. The van der Waals surface area contributed by atoms with E-state index >= 15 is 0 Å². The molecule has 6 heteroatoms. The van der Waals surface area contributed by atoms with Crippen LogP contribution in [0.15, 0.2) is 222 Å². The number of rotatable bonds is 6. The molecule has 0 fully saturated rings. The Kier molecular flexibility index (Phi) is 8.49. The van der Waals surface area contributed by atoms with Crippen molar-refractivity contribution in [2.45, 2.75) is 31.2 Å². The van der Waals surface area contributed by atoms with Gasteiger partial charge in [-0.2, -0.15) is 0 Å². The molecule has 5 nitrogen and oxygen atoms in total. The van der Waals surface area contributed by atoms with E-state index in [1.54, 1.807) is 5.19 Å². The summed E-state index contributed by atoms with van der Waals surface area (Å²) in [6.45, 7) is 5.07. The largest absolute Gasteiger partial charge is 0.344 e. The van der Waals surface area contributed by atoms with Crippen molar-refractivity contribution in [3.8, 4) is 22.5 Å². The highest BCUT2D eigenvalue weighted by Crippen LogP contribution is 2.50. The number of aliphatic imine (C=N–C) groups is 2. The van der Waals surface area contributed by atoms with Gasteiger partial charge in [0.1, 0.15) is 12.0 Å². The van der Waals surface area contributed by atoms with Crippen LogP contribution in [-0.2, 0) is 0 Å². The van der Waals surface area contributed by atoms with Gasteiger partial charge in [-0.3, -0.25) is 0 Å². The molecule has 0 saturated heterocycles. The zero-order valence-corrected chi connectivity index (χ0v) is 37.3. The summed E-state index contributed by atoms with van der Waals surface area (Å²) in [4.78, 5) is 10.9. The Balaban J connectivity index is 1.01. The van der Waals surface area contributed by atoms with Crippen LogP contribution in [0, 0.1) is 0 Å². The zero-order chi connectivity index (χ0) is 43.2. The van der Waals surface area contributed by atoms with E-state index in [1.165, 1.54) is 60.4 Å². The van der Waals surface area contributed by atoms with E-state index in [9.17, 15) is 0 Å². The summed E-state index contributed by atoms with van der Waals surface area (Å²) in [7, 11) is -1.79. The van der Waals surface area contributed by atoms with Crippen LogP contribution >= 0.6 is 0 Å². The number of benzene rings is 8. The Morgan fingerprint density at radius 1 is 0.538 bits per heavy atom. The van der Waals surface area contributed by atoms with Crippen LogP contribution in [0.3, 0.4) is 0 Å². The first-order valence-corrected chi connectivity index (χ1v) is 25.8. The highest BCUT2D eigenvalue weighted by atomic mass is 28.3. The number of hydrogen-bond donors (Lipinski definition) is 1. The van der Waals surface area contributed by atoms with Gasteiger partial charge >= 0.3 is 0 Å². The van der Waals surface area contributed by atoms with Crippen molar-refractivity contribution in [2.75, 3.05) is 0 Å². The van der Waals surface area contributed by atoms with Crippen LogP contribution in [0.4, 0.5) is 0 Å². The maximum atomic E-state index is 5.48. The maximum absolute atomic E-state index is 5.48. The molecular formula is C59H45N5Si. The molecule has 310 valence electrons. The van der Waals surface area contributed by atoms with Crippen molar-refractivity contribution in [3.63, 3.8) is 0 Å². The fourth-order valence-corrected chi connectivity index (χ4v) is 14.9. The van der Waals surface area contributed by atoms with Gasteiger partial charge in [0.05, 0.1) is 35.8 Å². The molecule has 3 aliphatic rings. The second-order valence-corrected chi connectivity index (χ2v) is 22.8. The van der Waals surface area contributed by atoms with E-state index in [1.807, 2.05) is 0 Å². The van der Waals surface area contributed by atoms with Gasteiger partial charge in [-0.15, -0.1) is 0 Å². The average Bonchev–Trinajstić information content (AvgIpc) is 3.97. The van der Waals surface area contributed by atoms with Gasteiger partial charge in [0.25, 0.3) is 0 Å². The molecule has 0 bridgehead atoms. The summed E-state index contributed by atoms with van der Waals surface area (Å²) in [5.41, 5.74) is 15.9. The SMILES string of the molecule is C[Si]1(C)c2ccccc2C2=C(C3=NC(c4ccccc4)=NC(c4ccccc4-n4c5ccccc5c5c(-c6cccc7c6c6ccccc6n7-c6ccccc6)cccc54)N3)C=CCC21. The topological polar surface area (TPSA) is 46.6 Å². The quantitative estimate of drug-likeness (QED) is 0.166. The predicted molar refractivity (Wildman–Crippen MR) is 275 cm³/mol. The van der Waals surface area contributed by atoms with Crippen LogP contribution in [0.2, 0.25) is 18.6 Å². The molecule has 1 N–H and O–H groups in total. The number of nitrogens with zero attached hydrogens (tertiary/aromatic N) is 4. The van der Waals surface area contributed by atoms with Crippen LogP contribution < -0.4 is 10.5 Å². The van der Waals surface area contributed by atoms with Crippen LogP contribution in [0.1, 0.15) is 29.3 Å². The maximum Gasteiger partial charge on any atom is 0.159 e. The van der Waals surface area contributed by atoms with Gasteiger partial charge in [0.15, 0.2) is 5.84 Å². The zero-order valence-electron chi connectivity index (χ0n) is 36.3. The smallest absolute Gasteiger partial charge is 0.159 e. The monoisotopic (exact) mass is 851 g/mol. The van der Waals surface area contributed by atoms with Crippen molar-refractivity contribution in [2.24, 2.45) is 9.98 Å². The van der Waals surface area contributed by atoms with Crippen LogP contribution in [0.5, 0.6) is 0 Å². The second kappa shape index (κ2) is 14.6. The summed E-state index contributed by atoms with van der Waals surface area (Å²) in [5, 5.41) is 10.4. The van der Waals surface area contributed by atoms with Crippen LogP contribution in [-0.4, -0.2) is 28.9 Å². The third-order valence-corrected chi connectivity index (χ3v) is 18.4. The number of nitrogens with one attached hydrogen (secondary N) is 1. The fraction of sp³-hybridized carbons (Fsp3) is 0.0847. The van der Waals surface area contributed by atoms with Crippen molar-refractivity contribution < 1.29 is 0 Å². The van der Waals surface area contributed by atoms with Crippen molar-refractivity contribution >= 4 is 74.1 Å². The van der Waals surface area contributed by atoms with Gasteiger partial charge in [-0.1, -0.05) is 182 Å². The molecule has 10 aromatic rings. The van der Waals surface area contributed by atoms with E-state index in [0.717, 1.165) is 51.6 Å². The second-order valence-electron chi connectivity index (χ2n) is 18.1. The minimum atomic E-state index is -1.79. The summed E-state index contributed by atoms with van der Waals surface area (Å²) in [6, 6.07) is 70.4. The summed E-state index contributed by atoms with van der Waals surface area (Å²) < 4.78 is 4.86. The third kappa shape index (κ3) is 5.70. The molecule has 2 aliphatic heterocycles. The van der Waals surface area contributed by atoms with Gasteiger partial charge < -0.3 is 14.5 Å². The summed E-state index contributed by atoms with van der Waals surface area (Å²) >= 11 is 0. The molecule has 65 heavy (non-hydrogen) atoms. The Bertz CT molecular complexity index is 3700. The first-order valence-electron chi connectivity index (χ1n) is 22.7. The first-order chi connectivity index (χ1) is 32.0. The lowest BCUT2D eigenvalue weighted by molar-refractivity contribution is 0.670. The van der Waals surface area contributed by atoms with Gasteiger partial charge in [-0.05, 0) is 76.7 Å². The molecular weight excluding hydrogens is 807 g/mol. The molecule has 13 rings (SSSR count). The molecule has 2 aromatic heterocycles. The number of para-hydroxylation sites is 4. The Morgan fingerprint density at radius 3 is 1.85 bits per heavy atom. The van der Waals surface area contributed by atoms with E-state index < -0.39 is 14.2 Å². The molecule has 8 aromatic carbocycles. The minimum Gasteiger partial charge on any atom is -0.344 e. The molecule has 0 amide bonds. The number of aromatic nitrogens is 2. The highest BCUT2D eigenvalue weighted by Gasteiger charge is 2.46. The predicted octanol–water partition coefficient (Wildman–Crippen LogP) is 13.7.